The number of carbonyl (C=O) groups is 4. The van der Waals surface area contributed by atoms with Crippen LogP contribution in [0, 0.1) is 36.5 Å². The highest BCUT2D eigenvalue weighted by Crippen LogP contribution is 2.48. The summed E-state index contributed by atoms with van der Waals surface area (Å²) < 4.78 is 45.4. The Morgan fingerprint density at radius 1 is 0.950 bits per heavy atom. The van der Waals surface area contributed by atoms with Gasteiger partial charge in [0.05, 0.1) is 5.69 Å². The summed E-state index contributed by atoms with van der Waals surface area (Å²) in [5.74, 6) is 4.98. The van der Waals surface area contributed by atoms with Crippen molar-refractivity contribution in [2.45, 2.75) is 77.0 Å². The average molecular weight is 869 g/mol. The second-order valence-corrected chi connectivity index (χ2v) is 16.9. The van der Waals surface area contributed by atoms with Gasteiger partial charge in [0.25, 0.3) is 5.60 Å². The standard InChI is InChI=1S/C31H41ClN4O3.C14H9ClF3NO2/c1-22-4-9-28(21-29(22)32)36(31(39)27-12-18-35(19-13-27)23(2)37)15-3-14-34-16-10-25(11-17-34)20-24-5-7-26(8-6-24)30(33)38;15-9-3-4-11-10(7-9)13(14(16,17)18,21-12(20)19-11)6-5-8-1-2-8/h4-9,21,25,27H,3,10-20H2,1-2H3,(H2,33,38);3-4,7-8H,1-2H2,(H,19,20)/t;13-/m.0/s1. The van der Waals surface area contributed by atoms with E-state index in [0.29, 0.717) is 49.0 Å². The lowest BCUT2D eigenvalue weighted by Gasteiger charge is -2.35. The number of nitrogens with one attached hydrogen (secondary N) is 1. The number of amides is 4. The maximum Gasteiger partial charge on any atom is 0.445 e. The molecule has 2 saturated heterocycles. The minimum atomic E-state index is -4.87. The number of ether oxygens (including phenoxy) is 1. The molecule has 3 fully saturated rings. The fraction of sp³-hybridized carbons (Fsp3) is 0.467. The molecule has 0 aromatic heterocycles. The van der Waals surface area contributed by atoms with Crippen LogP contribution in [0.25, 0.3) is 0 Å². The topological polar surface area (TPSA) is 125 Å². The molecule has 4 aliphatic rings. The number of hydrogen-bond donors (Lipinski definition) is 2. The van der Waals surface area contributed by atoms with Crippen LogP contribution in [0.1, 0.15) is 78.9 Å². The first-order valence-electron chi connectivity index (χ1n) is 20.4. The number of anilines is 2. The predicted molar refractivity (Wildman–Crippen MR) is 226 cm³/mol. The number of carbonyl (C=O) groups excluding carboxylic acids is 4. The van der Waals surface area contributed by atoms with E-state index in [1.807, 2.05) is 59.2 Å². The van der Waals surface area contributed by atoms with Gasteiger partial charge in [0.1, 0.15) is 0 Å². The van der Waals surface area contributed by atoms with Crippen LogP contribution in [0.5, 0.6) is 0 Å². The molecule has 15 heteroatoms. The van der Waals surface area contributed by atoms with Crippen LogP contribution in [0.3, 0.4) is 0 Å². The maximum atomic E-state index is 13.7. The van der Waals surface area contributed by atoms with Crippen LogP contribution >= 0.6 is 23.2 Å². The zero-order chi connectivity index (χ0) is 43.2. The number of fused-ring (bicyclic) bond motifs is 1. The van der Waals surface area contributed by atoms with E-state index >= 15 is 0 Å². The summed E-state index contributed by atoms with van der Waals surface area (Å²) in [6.07, 6.45) is 1.06. The van der Waals surface area contributed by atoms with Crippen LogP contribution in [0.15, 0.2) is 60.7 Å². The largest absolute Gasteiger partial charge is 0.445 e. The molecule has 3 aliphatic heterocycles. The van der Waals surface area contributed by atoms with E-state index in [-0.39, 0.29) is 45.8 Å². The van der Waals surface area contributed by atoms with Crippen molar-refractivity contribution in [3.8, 4) is 11.8 Å². The summed E-state index contributed by atoms with van der Waals surface area (Å²) >= 11 is 12.2. The Labute approximate surface area is 358 Å². The van der Waals surface area contributed by atoms with Crippen molar-refractivity contribution in [2.75, 3.05) is 49.5 Å². The quantitative estimate of drug-likeness (QED) is 0.207. The second-order valence-electron chi connectivity index (χ2n) is 16.0. The first-order chi connectivity index (χ1) is 28.5. The maximum absolute atomic E-state index is 13.7. The molecule has 3 aromatic carbocycles. The van der Waals surface area contributed by atoms with Crippen molar-refractivity contribution < 1.29 is 37.1 Å². The Balaban J connectivity index is 0.000000240. The fourth-order valence-corrected chi connectivity index (χ4v) is 8.18. The number of hydrogen-bond acceptors (Lipinski definition) is 6. The molecular formula is C45H50Cl2F3N5O5. The van der Waals surface area contributed by atoms with E-state index in [9.17, 15) is 32.3 Å². The zero-order valence-corrected chi connectivity index (χ0v) is 35.3. The van der Waals surface area contributed by atoms with Crippen molar-refractivity contribution in [3.63, 3.8) is 0 Å². The summed E-state index contributed by atoms with van der Waals surface area (Å²) in [6, 6.07) is 17.3. The van der Waals surface area contributed by atoms with Gasteiger partial charge >= 0.3 is 12.3 Å². The van der Waals surface area contributed by atoms with Crippen molar-refractivity contribution in [1.29, 1.82) is 0 Å². The molecule has 0 bridgehead atoms. The number of nitrogens with zero attached hydrogens (tertiary/aromatic N) is 3. The van der Waals surface area contributed by atoms with E-state index in [2.05, 4.69) is 26.8 Å². The van der Waals surface area contributed by atoms with Gasteiger partial charge in [-0.1, -0.05) is 47.3 Å². The Hall–Kier alpha value is -4.77. The van der Waals surface area contributed by atoms with Gasteiger partial charge in [-0.05, 0) is 143 Å². The molecule has 0 radical (unpaired) electrons. The molecule has 0 spiro atoms. The van der Waals surface area contributed by atoms with Gasteiger partial charge in [0.15, 0.2) is 0 Å². The number of benzene rings is 3. The molecule has 1 aliphatic carbocycles. The van der Waals surface area contributed by atoms with Crippen LogP contribution in [-0.2, 0) is 26.3 Å². The summed E-state index contributed by atoms with van der Waals surface area (Å²) in [5, 5.41) is 3.01. The Morgan fingerprint density at radius 3 is 2.23 bits per heavy atom. The van der Waals surface area contributed by atoms with Gasteiger partial charge in [0.2, 0.25) is 17.7 Å². The van der Waals surface area contributed by atoms with Crippen molar-refractivity contribution in [2.24, 2.45) is 23.5 Å². The van der Waals surface area contributed by atoms with Crippen LogP contribution < -0.4 is 16.0 Å². The summed E-state index contributed by atoms with van der Waals surface area (Å²) in [5.41, 5.74) is 5.73. The van der Waals surface area contributed by atoms with Crippen LogP contribution in [0.4, 0.5) is 29.3 Å². The van der Waals surface area contributed by atoms with Gasteiger partial charge in [0, 0.05) is 65.3 Å². The highest BCUT2D eigenvalue weighted by molar-refractivity contribution is 6.31. The Morgan fingerprint density at radius 2 is 1.63 bits per heavy atom. The molecule has 4 amide bonds. The lowest BCUT2D eigenvalue weighted by molar-refractivity contribution is -0.239. The molecule has 1 atom stereocenters. The molecule has 0 unspecified atom stereocenters. The normalized spacial score (nSPS) is 19.7. The third-order valence-electron chi connectivity index (χ3n) is 11.6. The summed E-state index contributed by atoms with van der Waals surface area (Å²) in [4.78, 5) is 54.5. The molecule has 3 heterocycles. The lowest BCUT2D eigenvalue weighted by atomic mass is 9.90. The number of rotatable bonds is 9. The van der Waals surface area contributed by atoms with E-state index in [1.165, 1.54) is 17.7 Å². The van der Waals surface area contributed by atoms with Crippen molar-refractivity contribution in [1.82, 2.24) is 9.80 Å². The molecule has 3 N–H and O–H groups in total. The number of alkyl halides is 3. The van der Waals surface area contributed by atoms with Crippen molar-refractivity contribution in [3.05, 3.63) is 93.0 Å². The summed E-state index contributed by atoms with van der Waals surface area (Å²) in [6.45, 7) is 8.54. The number of likely N-dealkylation sites (tertiary alicyclic amines) is 2. The monoisotopic (exact) mass is 867 g/mol. The van der Waals surface area contributed by atoms with Gasteiger partial charge in [-0.25, -0.2) is 4.79 Å². The third-order valence-corrected chi connectivity index (χ3v) is 12.3. The predicted octanol–water partition coefficient (Wildman–Crippen LogP) is 8.76. The SMILES string of the molecule is CC(=O)N1CCC(C(=O)N(CCCN2CCC(Cc3ccc(C(N)=O)cc3)CC2)c2ccc(C)c(Cl)c2)CC1.O=C1Nc2ccc(Cl)cc2[C@@](C#CC2CC2)(C(F)(F)F)O1. The zero-order valence-electron chi connectivity index (χ0n) is 33.8. The number of primary amides is 1. The molecule has 1 saturated carbocycles. The number of halogens is 5. The number of nitrogens with two attached hydrogens (primary N) is 1. The fourth-order valence-electron chi connectivity index (χ4n) is 7.83. The molecule has 3 aromatic rings. The van der Waals surface area contributed by atoms with Gasteiger partial charge in [-0.3, -0.25) is 19.7 Å². The minimum absolute atomic E-state index is 0.00179. The van der Waals surface area contributed by atoms with E-state index < -0.39 is 17.9 Å². The van der Waals surface area contributed by atoms with E-state index in [1.54, 1.807) is 6.92 Å². The Bertz CT molecular complexity index is 2120. The molecular weight excluding hydrogens is 818 g/mol. The van der Waals surface area contributed by atoms with Crippen LogP contribution in [0.2, 0.25) is 10.0 Å². The highest BCUT2D eigenvalue weighted by atomic mass is 35.5. The molecule has 10 nitrogen and oxygen atoms in total. The highest BCUT2D eigenvalue weighted by Gasteiger charge is 2.62. The smallest absolute Gasteiger partial charge is 0.415 e. The first-order valence-corrected chi connectivity index (χ1v) is 21.1. The number of aryl methyl sites for hydroxylation is 1. The average Bonchev–Trinajstić information content (AvgIpc) is 4.05. The van der Waals surface area contributed by atoms with Gasteiger partial charge in [-0.15, -0.1) is 0 Å². The number of cyclic esters (lactones) is 1. The molecule has 60 heavy (non-hydrogen) atoms. The second kappa shape index (κ2) is 19.3. The lowest BCUT2D eigenvalue weighted by Crippen LogP contribution is -2.49. The van der Waals surface area contributed by atoms with E-state index in [0.717, 1.165) is 75.5 Å². The minimum Gasteiger partial charge on any atom is -0.415 e. The first kappa shape index (κ1) is 44.8. The summed E-state index contributed by atoms with van der Waals surface area (Å²) in [7, 11) is 0. The van der Waals surface area contributed by atoms with E-state index in [4.69, 9.17) is 28.9 Å². The van der Waals surface area contributed by atoms with Gasteiger partial charge < -0.3 is 25.2 Å². The van der Waals surface area contributed by atoms with Crippen molar-refractivity contribution >= 4 is 58.4 Å². The van der Waals surface area contributed by atoms with Gasteiger partial charge in [-0.2, -0.15) is 13.2 Å². The van der Waals surface area contributed by atoms with Crippen LogP contribution in [-0.4, -0.2) is 79.1 Å². The molecule has 7 rings (SSSR count). The Kier molecular flexibility index (Phi) is 14.4. The number of piperidine rings is 2. The third kappa shape index (κ3) is 11.1. The molecule has 320 valence electrons.